The number of furan rings is 1. The smallest absolute Gasteiger partial charge is 0.265 e. The molecule has 0 saturated heterocycles. The van der Waals surface area contributed by atoms with E-state index in [1.54, 1.807) is 34.2 Å². The molecule has 0 aromatic carbocycles. The highest BCUT2D eigenvalue weighted by molar-refractivity contribution is 5.74. The second kappa shape index (κ2) is 5.29. The minimum absolute atomic E-state index is 0.0675. The van der Waals surface area contributed by atoms with Crippen LogP contribution in [0.5, 0.6) is 0 Å². The number of aromatic nitrogens is 3. The molecule has 1 N–H and O–H groups in total. The minimum atomic E-state index is -0.0675. The zero-order valence-electron chi connectivity index (χ0n) is 9.67. The Bertz CT molecular complexity index is 475. The summed E-state index contributed by atoms with van der Waals surface area (Å²) in [6, 6.07) is 3.62. The van der Waals surface area contributed by atoms with Crippen LogP contribution >= 0.6 is 0 Å². The van der Waals surface area contributed by atoms with Gasteiger partial charge in [-0.15, -0.1) is 4.68 Å². The van der Waals surface area contributed by atoms with Gasteiger partial charge in [-0.05, 0) is 19.1 Å². The third kappa shape index (κ3) is 3.17. The SMILES string of the molecule is CCn1c[n+](CC(=O)NCc2ccco2)cn1. The fourth-order valence-electron chi connectivity index (χ4n) is 1.43. The molecule has 2 aromatic rings. The van der Waals surface area contributed by atoms with E-state index in [2.05, 4.69) is 10.4 Å². The van der Waals surface area contributed by atoms with Gasteiger partial charge < -0.3 is 9.73 Å². The van der Waals surface area contributed by atoms with E-state index >= 15 is 0 Å². The van der Waals surface area contributed by atoms with Crippen molar-refractivity contribution >= 4 is 5.91 Å². The van der Waals surface area contributed by atoms with Crippen LogP contribution in [0.15, 0.2) is 35.5 Å². The molecule has 2 aromatic heterocycles. The van der Waals surface area contributed by atoms with Crippen molar-refractivity contribution in [3.05, 3.63) is 36.8 Å². The Morgan fingerprint density at radius 2 is 2.53 bits per heavy atom. The molecule has 90 valence electrons. The van der Waals surface area contributed by atoms with Gasteiger partial charge in [-0.3, -0.25) is 4.79 Å². The van der Waals surface area contributed by atoms with Crippen LogP contribution in [0.25, 0.3) is 0 Å². The average molecular weight is 235 g/mol. The molecule has 2 rings (SSSR count). The van der Waals surface area contributed by atoms with Gasteiger partial charge in [0.25, 0.3) is 12.2 Å². The van der Waals surface area contributed by atoms with Crippen molar-refractivity contribution in [3.63, 3.8) is 0 Å². The van der Waals surface area contributed by atoms with Gasteiger partial charge in [0.1, 0.15) is 18.8 Å². The molecule has 0 aliphatic heterocycles. The van der Waals surface area contributed by atoms with Gasteiger partial charge in [0.15, 0.2) is 0 Å². The lowest BCUT2D eigenvalue weighted by Crippen LogP contribution is -2.41. The maximum Gasteiger partial charge on any atom is 0.265 e. The summed E-state index contributed by atoms with van der Waals surface area (Å²) in [7, 11) is 0. The zero-order valence-corrected chi connectivity index (χ0v) is 9.67. The van der Waals surface area contributed by atoms with Gasteiger partial charge in [-0.1, -0.05) is 0 Å². The van der Waals surface area contributed by atoms with Crippen LogP contribution in [0.4, 0.5) is 0 Å². The van der Waals surface area contributed by atoms with E-state index in [9.17, 15) is 4.79 Å². The largest absolute Gasteiger partial charge is 0.467 e. The van der Waals surface area contributed by atoms with Crippen molar-refractivity contribution in [1.29, 1.82) is 0 Å². The molecule has 0 radical (unpaired) electrons. The summed E-state index contributed by atoms with van der Waals surface area (Å²) in [6.45, 7) is 3.46. The summed E-state index contributed by atoms with van der Waals surface area (Å²) in [5, 5.41) is 6.85. The lowest BCUT2D eigenvalue weighted by Gasteiger charge is -2.00. The number of hydrogen-bond acceptors (Lipinski definition) is 3. The molecule has 17 heavy (non-hydrogen) atoms. The Labute approximate surface area is 98.9 Å². The molecule has 0 atom stereocenters. The van der Waals surface area contributed by atoms with E-state index < -0.39 is 0 Å². The summed E-state index contributed by atoms with van der Waals surface area (Å²) < 4.78 is 8.62. The van der Waals surface area contributed by atoms with Crippen molar-refractivity contribution in [2.24, 2.45) is 0 Å². The van der Waals surface area contributed by atoms with Crippen molar-refractivity contribution in [3.8, 4) is 0 Å². The molecule has 6 heteroatoms. The summed E-state index contributed by atoms with van der Waals surface area (Å²) >= 11 is 0. The van der Waals surface area contributed by atoms with E-state index in [0.717, 1.165) is 12.3 Å². The molecule has 0 spiro atoms. The van der Waals surface area contributed by atoms with E-state index in [1.165, 1.54) is 0 Å². The Morgan fingerprint density at radius 1 is 1.65 bits per heavy atom. The second-order valence-electron chi connectivity index (χ2n) is 3.63. The van der Waals surface area contributed by atoms with Gasteiger partial charge in [0.05, 0.1) is 12.8 Å². The molecule has 0 aliphatic rings. The van der Waals surface area contributed by atoms with Crippen LogP contribution in [0.2, 0.25) is 0 Å². The van der Waals surface area contributed by atoms with Gasteiger partial charge in [-0.2, -0.15) is 0 Å². The predicted octanol–water partition coefficient (Wildman–Crippen LogP) is 0.0999. The molecule has 0 fully saturated rings. The first-order valence-electron chi connectivity index (χ1n) is 5.48. The molecule has 6 nitrogen and oxygen atoms in total. The normalized spacial score (nSPS) is 10.4. The highest BCUT2D eigenvalue weighted by atomic mass is 16.3. The summed E-state index contributed by atoms with van der Waals surface area (Å²) in [6.07, 6.45) is 5.02. The molecule has 0 unspecified atom stereocenters. The predicted molar refractivity (Wildman–Crippen MR) is 58.7 cm³/mol. The fraction of sp³-hybridized carbons (Fsp3) is 0.364. The summed E-state index contributed by atoms with van der Waals surface area (Å²) in [4.78, 5) is 11.6. The Morgan fingerprint density at radius 3 is 3.18 bits per heavy atom. The van der Waals surface area contributed by atoms with Gasteiger partial charge in [-0.25, -0.2) is 4.57 Å². The number of nitrogens with one attached hydrogen (secondary N) is 1. The minimum Gasteiger partial charge on any atom is -0.467 e. The first-order chi connectivity index (χ1) is 8.28. The van der Waals surface area contributed by atoms with Crippen LogP contribution in [-0.4, -0.2) is 15.7 Å². The van der Waals surface area contributed by atoms with Gasteiger partial charge in [0, 0.05) is 5.10 Å². The number of aryl methyl sites for hydroxylation is 1. The third-order valence-electron chi connectivity index (χ3n) is 2.32. The van der Waals surface area contributed by atoms with Crippen molar-refractivity contribution in [2.75, 3.05) is 0 Å². The maximum absolute atomic E-state index is 11.6. The second-order valence-corrected chi connectivity index (χ2v) is 3.63. The number of amides is 1. The number of hydrogen-bond donors (Lipinski definition) is 1. The number of carbonyl (C=O) groups excluding carboxylic acids is 1. The van der Waals surface area contributed by atoms with Gasteiger partial charge in [0.2, 0.25) is 6.33 Å². The van der Waals surface area contributed by atoms with Crippen molar-refractivity contribution < 1.29 is 13.8 Å². The number of nitrogens with zero attached hydrogens (tertiary/aromatic N) is 3. The molecular weight excluding hydrogens is 220 g/mol. The van der Waals surface area contributed by atoms with E-state index in [-0.39, 0.29) is 12.5 Å². The van der Waals surface area contributed by atoms with E-state index in [0.29, 0.717) is 6.54 Å². The van der Waals surface area contributed by atoms with Crippen molar-refractivity contribution in [1.82, 2.24) is 15.1 Å². The quantitative estimate of drug-likeness (QED) is 0.748. The topological polar surface area (TPSA) is 63.9 Å². The number of carbonyl (C=O) groups is 1. The lowest BCUT2D eigenvalue weighted by molar-refractivity contribution is -0.685. The molecular formula is C11H15N4O2+. The van der Waals surface area contributed by atoms with Crippen molar-refractivity contribution in [2.45, 2.75) is 26.6 Å². The third-order valence-corrected chi connectivity index (χ3v) is 2.32. The molecule has 0 aliphatic carbocycles. The summed E-state index contributed by atoms with van der Waals surface area (Å²) in [5.74, 6) is 0.676. The summed E-state index contributed by atoms with van der Waals surface area (Å²) in [5.41, 5.74) is 0. The van der Waals surface area contributed by atoms with Crippen LogP contribution in [-0.2, 0) is 24.4 Å². The highest BCUT2D eigenvalue weighted by Gasteiger charge is 2.09. The van der Waals surface area contributed by atoms with E-state index in [4.69, 9.17) is 4.42 Å². The molecule has 1 amide bonds. The standard InChI is InChI=1S/C11H14N4O2/c1-2-15-9-14(8-13-15)7-11(16)12-6-10-4-3-5-17-10/h3-5,8-9H,2,6-7H2,1H3/p+1. The monoisotopic (exact) mass is 235 g/mol. The highest BCUT2D eigenvalue weighted by Crippen LogP contribution is 1.97. The lowest BCUT2D eigenvalue weighted by atomic mass is 10.4. The Hall–Kier alpha value is -2.11. The van der Waals surface area contributed by atoms with Crippen LogP contribution in [0.1, 0.15) is 12.7 Å². The van der Waals surface area contributed by atoms with Crippen LogP contribution in [0, 0.1) is 0 Å². The zero-order chi connectivity index (χ0) is 12.1. The average Bonchev–Trinajstić information content (AvgIpc) is 2.97. The Balaban J connectivity index is 1.81. The fourth-order valence-corrected chi connectivity index (χ4v) is 1.43. The first-order valence-corrected chi connectivity index (χ1v) is 5.48. The molecule has 2 heterocycles. The maximum atomic E-state index is 11.6. The van der Waals surface area contributed by atoms with Gasteiger partial charge >= 0.3 is 0 Å². The molecule has 0 saturated carbocycles. The Kier molecular flexibility index (Phi) is 3.54. The number of rotatable bonds is 5. The van der Waals surface area contributed by atoms with Crippen LogP contribution < -0.4 is 9.88 Å². The van der Waals surface area contributed by atoms with E-state index in [1.807, 2.05) is 13.0 Å². The first kappa shape index (κ1) is 11.4. The van der Waals surface area contributed by atoms with Crippen LogP contribution in [0.3, 0.4) is 0 Å². The molecule has 0 bridgehead atoms.